The molecule has 1 fully saturated rings. The van der Waals surface area contributed by atoms with Crippen molar-refractivity contribution in [2.24, 2.45) is 0 Å². The van der Waals surface area contributed by atoms with Gasteiger partial charge in [0.15, 0.2) is 0 Å². The first-order chi connectivity index (χ1) is 8.33. The number of nitrogens with zero attached hydrogens (tertiary/aromatic N) is 3. The molecule has 0 aromatic carbocycles. The number of hydrogen-bond donors (Lipinski definition) is 1. The zero-order valence-electron chi connectivity index (χ0n) is 10.2. The average Bonchev–Trinajstić information content (AvgIpc) is 2.84. The van der Waals surface area contributed by atoms with Crippen LogP contribution < -0.4 is 5.32 Å². The normalized spacial score (nSPS) is 20.1. The maximum absolute atomic E-state index is 8.68. The van der Waals surface area contributed by atoms with Gasteiger partial charge in [0.25, 0.3) is 0 Å². The van der Waals surface area contributed by atoms with Crippen molar-refractivity contribution >= 4 is 5.82 Å². The number of anilines is 1. The molecule has 0 amide bonds. The van der Waals surface area contributed by atoms with Crippen LogP contribution in [0.1, 0.15) is 25.3 Å². The van der Waals surface area contributed by atoms with Gasteiger partial charge in [0.05, 0.1) is 5.56 Å². The molecular weight excluding hydrogens is 212 g/mol. The largest absolute Gasteiger partial charge is 0.369 e. The Kier molecular flexibility index (Phi) is 3.94. The van der Waals surface area contributed by atoms with E-state index in [1.54, 1.807) is 12.3 Å². The molecule has 1 atom stereocenters. The molecule has 1 unspecified atom stereocenters. The Morgan fingerprint density at radius 1 is 1.59 bits per heavy atom. The topological polar surface area (TPSA) is 52.0 Å². The van der Waals surface area contributed by atoms with Crippen LogP contribution in [0.4, 0.5) is 5.82 Å². The molecule has 2 heterocycles. The molecule has 2 rings (SSSR count). The fourth-order valence-corrected chi connectivity index (χ4v) is 2.33. The third kappa shape index (κ3) is 2.95. The fraction of sp³-hybridized carbons (Fsp3) is 0.538. The number of nitriles is 1. The van der Waals surface area contributed by atoms with Crippen molar-refractivity contribution in [2.45, 2.75) is 25.8 Å². The Balaban J connectivity index is 1.87. The van der Waals surface area contributed by atoms with E-state index in [9.17, 15) is 0 Å². The molecule has 4 heteroatoms. The molecule has 17 heavy (non-hydrogen) atoms. The van der Waals surface area contributed by atoms with Gasteiger partial charge < -0.3 is 5.32 Å². The predicted molar refractivity (Wildman–Crippen MR) is 67.7 cm³/mol. The molecule has 0 radical (unpaired) electrons. The molecule has 0 saturated carbocycles. The lowest BCUT2D eigenvalue weighted by molar-refractivity contribution is 0.277. The zero-order valence-corrected chi connectivity index (χ0v) is 10.2. The summed E-state index contributed by atoms with van der Waals surface area (Å²) in [6.07, 6.45) is 4.16. The van der Waals surface area contributed by atoms with Gasteiger partial charge in [-0.15, -0.1) is 0 Å². The van der Waals surface area contributed by atoms with Gasteiger partial charge in [-0.2, -0.15) is 5.26 Å². The highest BCUT2D eigenvalue weighted by Gasteiger charge is 2.22. The van der Waals surface area contributed by atoms with Crippen molar-refractivity contribution in [3.63, 3.8) is 0 Å². The first-order valence-corrected chi connectivity index (χ1v) is 6.17. The summed E-state index contributed by atoms with van der Waals surface area (Å²) >= 11 is 0. The van der Waals surface area contributed by atoms with Crippen molar-refractivity contribution < 1.29 is 0 Å². The third-order valence-electron chi connectivity index (χ3n) is 3.32. The zero-order chi connectivity index (χ0) is 12.1. The molecule has 1 aromatic heterocycles. The molecule has 1 N–H and O–H groups in total. The van der Waals surface area contributed by atoms with E-state index in [1.807, 2.05) is 6.07 Å². The summed E-state index contributed by atoms with van der Waals surface area (Å²) in [7, 11) is 0. The van der Waals surface area contributed by atoms with E-state index in [0.29, 0.717) is 11.6 Å². The van der Waals surface area contributed by atoms with E-state index in [1.165, 1.54) is 19.4 Å². The van der Waals surface area contributed by atoms with Crippen molar-refractivity contribution in [1.82, 2.24) is 9.88 Å². The Morgan fingerprint density at radius 3 is 3.12 bits per heavy atom. The second-order valence-electron chi connectivity index (χ2n) is 4.35. The highest BCUT2D eigenvalue weighted by molar-refractivity contribution is 5.39. The lowest BCUT2D eigenvalue weighted by Crippen LogP contribution is -2.34. The quantitative estimate of drug-likeness (QED) is 0.857. The lowest BCUT2D eigenvalue weighted by Gasteiger charge is -2.23. The van der Waals surface area contributed by atoms with Crippen molar-refractivity contribution in [3.05, 3.63) is 23.9 Å². The molecule has 1 saturated heterocycles. The van der Waals surface area contributed by atoms with E-state index >= 15 is 0 Å². The molecule has 0 spiro atoms. The van der Waals surface area contributed by atoms with Gasteiger partial charge in [0.2, 0.25) is 0 Å². The van der Waals surface area contributed by atoms with Gasteiger partial charge in [0, 0.05) is 18.8 Å². The maximum atomic E-state index is 8.68. The summed E-state index contributed by atoms with van der Waals surface area (Å²) in [6.45, 7) is 5.47. The van der Waals surface area contributed by atoms with Crippen LogP contribution in [0.5, 0.6) is 0 Å². The van der Waals surface area contributed by atoms with Crippen LogP contribution in [0, 0.1) is 11.3 Å². The van der Waals surface area contributed by atoms with Crippen LogP contribution in [-0.2, 0) is 0 Å². The minimum absolute atomic E-state index is 0.603. The van der Waals surface area contributed by atoms with Crippen LogP contribution in [0.2, 0.25) is 0 Å². The van der Waals surface area contributed by atoms with E-state index in [2.05, 4.69) is 28.2 Å². The van der Waals surface area contributed by atoms with Crippen LogP contribution in [0.3, 0.4) is 0 Å². The molecular formula is C13H18N4. The lowest BCUT2D eigenvalue weighted by atomic mass is 10.2. The fourth-order valence-electron chi connectivity index (χ4n) is 2.33. The van der Waals surface area contributed by atoms with Gasteiger partial charge in [-0.1, -0.05) is 6.92 Å². The number of hydrogen-bond acceptors (Lipinski definition) is 4. The van der Waals surface area contributed by atoms with Crippen LogP contribution in [0.25, 0.3) is 0 Å². The molecule has 1 aromatic rings. The van der Waals surface area contributed by atoms with E-state index in [4.69, 9.17) is 5.26 Å². The van der Waals surface area contributed by atoms with E-state index < -0.39 is 0 Å². The highest BCUT2D eigenvalue weighted by Crippen LogP contribution is 2.17. The standard InChI is InChI=1S/C13H18N4/c1-2-17-7-3-4-12(17)10-16-13-6-5-11(8-14)9-15-13/h5-6,9,12H,2-4,7,10H2,1H3,(H,15,16). The summed E-state index contributed by atoms with van der Waals surface area (Å²) in [5.74, 6) is 0.854. The third-order valence-corrected chi connectivity index (χ3v) is 3.32. The first kappa shape index (κ1) is 11.9. The van der Waals surface area contributed by atoms with Crippen molar-refractivity contribution in [2.75, 3.05) is 25.0 Å². The summed E-state index contributed by atoms with van der Waals surface area (Å²) in [6, 6.07) is 6.35. The van der Waals surface area contributed by atoms with Crippen LogP contribution >= 0.6 is 0 Å². The number of nitrogens with one attached hydrogen (secondary N) is 1. The maximum Gasteiger partial charge on any atom is 0.126 e. The van der Waals surface area contributed by atoms with E-state index in [-0.39, 0.29) is 0 Å². The van der Waals surface area contributed by atoms with Crippen LogP contribution in [-0.4, -0.2) is 35.6 Å². The first-order valence-electron chi connectivity index (χ1n) is 6.17. The smallest absolute Gasteiger partial charge is 0.126 e. The Bertz CT molecular complexity index is 393. The van der Waals surface area contributed by atoms with Gasteiger partial charge in [-0.25, -0.2) is 4.98 Å². The summed E-state index contributed by atoms with van der Waals surface area (Å²) in [5.41, 5.74) is 0.603. The number of likely N-dealkylation sites (tertiary alicyclic amines) is 1. The molecule has 0 bridgehead atoms. The molecule has 4 nitrogen and oxygen atoms in total. The molecule has 0 aliphatic carbocycles. The second kappa shape index (κ2) is 5.65. The predicted octanol–water partition coefficient (Wildman–Crippen LogP) is 1.85. The number of pyridine rings is 1. The monoisotopic (exact) mass is 230 g/mol. The minimum atomic E-state index is 0.603. The van der Waals surface area contributed by atoms with Gasteiger partial charge >= 0.3 is 0 Å². The van der Waals surface area contributed by atoms with Gasteiger partial charge in [-0.3, -0.25) is 4.90 Å². The number of aromatic nitrogens is 1. The van der Waals surface area contributed by atoms with Crippen LogP contribution in [0.15, 0.2) is 18.3 Å². The molecule has 1 aliphatic heterocycles. The highest BCUT2D eigenvalue weighted by atomic mass is 15.2. The Morgan fingerprint density at radius 2 is 2.47 bits per heavy atom. The van der Waals surface area contributed by atoms with Crippen molar-refractivity contribution in [3.8, 4) is 6.07 Å². The van der Waals surface area contributed by atoms with E-state index in [0.717, 1.165) is 18.9 Å². The Labute approximate surface area is 102 Å². The summed E-state index contributed by atoms with van der Waals surface area (Å²) < 4.78 is 0. The van der Waals surface area contributed by atoms with Gasteiger partial charge in [0.1, 0.15) is 11.9 Å². The molecule has 90 valence electrons. The molecule has 1 aliphatic rings. The SMILES string of the molecule is CCN1CCCC1CNc1ccc(C#N)cn1. The average molecular weight is 230 g/mol. The summed E-state index contributed by atoms with van der Waals surface area (Å²) in [5, 5.41) is 12.0. The van der Waals surface area contributed by atoms with Crippen molar-refractivity contribution in [1.29, 1.82) is 5.26 Å². The summed E-state index contributed by atoms with van der Waals surface area (Å²) in [4.78, 5) is 6.71. The number of likely N-dealkylation sites (N-methyl/N-ethyl adjacent to an activating group) is 1. The minimum Gasteiger partial charge on any atom is -0.369 e. The second-order valence-corrected chi connectivity index (χ2v) is 4.35. The van der Waals surface area contributed by atoms with Gasteiger partial charge in [-0.05, 0) is 38.1 Å². The Hall–Kier alpha value is -1.60. The number of rotatable bonds is 4.